The molecule has 0 aliphatic heterocycles. The topological polar surface area (TPSA) is 9.23 Å². The van der Waals surface area contributed by atoms with Gasteiger partial charge in [0.1, 0.15) is 0 Å². The molecule has 0 saturated heterocycles. The molecule has 0 aromatic carbocycles. The highest BCUT2D eigenvalue weighted by Gasteiger charge is 1.99. The zero-order chi connectivity index (χ0) is 9.23. The zero-order valence-corrected chi connectivity index (χ0v) is 8.94. The summed E-state index contributed by atoms with van der Waals surface area (Å²) in [7, 11) is 1.78. The highest BCUT2D eigenvalue weighted by Crippen LogP contribution is 2.14. The first kappa shape index (κ1) is 12.0. The first-order valence-corrected chi connectivity index (χ1v) is 5.30. The molecule has 0 rings (SSSR count). The van der Waals surface area contributed by atoms with E-state index in [0.29, 0.717) is 0 Å². The van der Waals surface area contributed by atoms with Crippen LogP contribution in [0.5, 0.6) is 0 Å². The number of methoxy groups -OCH3 is 1. The van der Waals surface area contributed by atoms with E-state index in [2.05, 4.69) is 13.8 Å². The van der Waals surface area contributed by atoms with E-state index in [1.54, 1.807) is 7.11 Å². The molecule has 0 heterocycles. The van der Waals surface area contributed by atoms with E-state index in [9.17, 15) is 0 Å². The van der Waals surface area contributed by atoms with Crippen LogP contribution in [0.3, 0.4) is 0 Å². The van der Waals surface area contributed by atoms with Crippen molar-refractivity contribution in [3.8, 4) is 0 Å². The summed E-state index contributed by atoms with van der Waals surface area (Å²) in [6, 6.07) is 0. The van der Waals surface area contributed by atoms with Crippen molar-refractivity contribution >= 4 is 0 Å². The van der Waals surface area contributed by atoms with Gasteiger partial charge >= 0.3 is 0 Å². The zero-order valence-electron chi connectivity index (χ0n) is 8.94. The first-order chi connectivity index (χ1) is 5.81. The molecular weight excluding hydrogens is 148 g/mol. The Morgan fingerprint density at radius 2 is 1.83 bits per heavy atom. The van der Waals surface area contributed by atoms with E-state index in [1.807, 2.05) is 0 Å². The van der Waals surface area contributed by atoms with Crippen molar-refractivity contribution < 1.29 is 4.74 Å². The minimum absolute atomic E-state index is 0.928. The third-order valence-electron chi connectivity index (χ3n) is 2.33. The normalized spacial score (nSPS) is 13.2. The average molecular weight is 172 g/mol. The van der Waals surface area contributed by atoms with Gasteiger partial charge in [-0.2, -0.15) is 0 Å². The molecule has 0 aromatic heterocycles. The second-order valence-electron chi connectivity index (χ2n) is 3.74. The Balaban J connectivity index is 2.97. The summed E-state index contributed by atoms with van der Waals surface area (Å²) in [6.45, 7) is 5.56. The summed E-state index contributed by atoms with van der Waals surface area (Å²) in [6.07, 6.45) is 8.07. The van der Waals surface area contributed by atoms with Crippen LogP contribution in [0.25, 0.3) is 0 Å². The Bertz CT molecular complexity index is 81.1. The molecule has 0 bridgehead atoms. The molecule has 1 unspecified atom stereocenters. The summed E-state index contributed by atoms with van der Waals surface area (Å²) in [4.78, 5) is 0. The molecular formula is C11H24O. The van der Waals surface area contributed by atoms with Crippen LogP contribution in [0, 0.1) is 5.92 Å². The van der Waals surface area contributed by atoms with Crippen molar-refractivity contribution in [2.45, 2.75) is 52.4 Å². The first-order valence-electron chi connectivity index (χ1n) is 5.30. The van der Waals surface area contributed by atoms with Gasteiger partial charge in [-0.15, -0.1) is 0 Å². The van der Waals surface area contributed by atoms with E-state index >= 15 is 0 Å². The molecule has 1 nitrogen and oxygen atoms in total. The third-order valence-corrected chi connectivity index (χ3v) is 2.33. The molecule has 0 aromatic rings. The van der Waals surface area contributed by atoms with Crippen molar-refractivity contribution in [3.63, 3.8) is 0 Å². The second-order valence-corrected chi connectivity index (χ2v) is 3.74. The maximum atomic E-state index is 5.00. The second kappa shape index (κ2) is 9.05. The van der Waals surface area contributed by atoms with Gasteiger partial charge in [0.2, 0.25) is 0 Å². The molecule has 0 spiro atoms. The van der Waals surface area contributed by atoms with Gasteiger partial charge in [-0.05, 0) is 12.3 Å². The van der Waals surface area contributed by atoms with Gasteiger partial charge in [-0.3, -0.25) is 0 Å². The molecule has 74 valence electrons. The largest absolute Gasteiger partial charge is 0.385 e. The van der Waals surface area contributed by atoms with E-state index < -0.39 is 0 Å². The van der Waals surface area contributed by atoms with Crippen molar-refractivity contribution in [2.24, 2.45) is 5.92 Å². The molecule has 0 fully saturated rings. The van der Waals surface area contributed by atoms with Crippen molar-refractivity contribution in [2.75, 3.05) is 13.7 Å². The van der Waals surface area contributed by atoms with Crippen LogP contribution in [0.15, 0.2) is 0 Å². The third kappa shape index (κ3) is 8.06. The lowest BCUT2D eigenvalue weighted by Crippen LogP contribution is -1.94. The molecule has 0 amide bonds. The number of hydrogen-bond acceptors (Lipinski definition) is 1. The van der Waals surface area contributed by atoms with Gasteiger partial charge in [0.05, 0.1) is 0 Å². The molecule has 0 radical (unpaired) electrons. The van der Waals surface area contributed by atoms with Crippen molar-refractivity contribution in [1.29, 1.82) is 0 Å². The number of rotatable bonds is 8. The summed E-state index contributed by atoms with van der Waals surface area (Å²) in [5, 5.41) is 0. The van der Waals surface area contributed by atoms with Crippen LogP contribution in [-0.2, 0) is 4.74 Å². The molecule has 0 aliphatic rings. The van der Waals surface area contributed by atoms with Gasteiger partial charge in [0.15, 0.2) is 0 Å². The highest BCUT2D eigenvalue weighted by molar-refractivity contribution is 4.52. The van der Waals surface area contributed by atoms with Crippen LogP contribution < -0.4 is 0 Å². The van der Waals surface area contributed by atoms with Gasteiger partial charge < -0.3 is 4.74 Å². The van der Waals surface area contributed by atoms with Crippen LogP contribution in [0.2, 0.25) is 0 Å². The van der Waals surface area contributed by atoms with E-state index in [-0.39, 0.29) is 0 Å². The predicted molar refractivity (Wildman–Crippen MR) is 54.4 cm³/mol. The van der Waals surface area contributed by atoms with Gasteiger partial charge in [0.25, 0.3) is 0 Å². The lowest BCUT2D eigenvalue weighted by Gasteiger charge is -2.08. The average Bonchev–Trinajstić information content (AvgIpc) is 2.05. The summed E-state index contributed by atoms with van der Waals surface area (Å²) in [5.74, 6) is 0.928. The minimum Gasteiger partial charge on any atom is -0.385 e. The van der Waals surface area contributed by atoms with Crippen LogP contribution in [-0.4, -0.2) is 13.7 Å². The molecule has 0 aliphatic carbocycles. The lowest BCUT2D eigenvalue weighted by molar-refractivity contribution is 0.191. The number of unbranched alkanes of at least 4 members (excludes halogenated alkanes) is 2. The van der Waals surface area contributed by atoms with Crippen LogP contribution in [0.1, 0.15) is 52.4 Å². The van der Waals surface area contributed by atoms with E-state index in [1.165, 1.54) is 38.5 Å². The Hall–Kier alpha value is -0.0400. The Morgan fingerprint density at radius 1 is 1.08 bits per heavy atom. The quantitative estimate of drug-likeness (QED) is 0.508. The van der Waals surface area contributed by atoms with Crippen LogP contribution in [0.4, 0.5) is 0 Å². The molecule has 0 N–H and O–H groups in total. The Morgan fingerprint density at radius 3 is 2.42 bits per heavy atom. The summed E-state index contributed by atoms with van der Waals surface area (Å²) >= 11 is 0. The SMILES string of the molecule is CCCC(C)CCCCCOC. The Kier molecular flexibility index (Phi) is 9.02. The van der Waals surface area contributed by atoms with Crippen LogP contribution >= 0.6 is 0 Å². The fourth-order valence-corrected chi connectivity index (χ4v) is 1.55. The summed E-state index contributed by atoms with van der Waals surface area (Å²) in [5.41, 5.74) is 0. The number of hydrogen-bond donors (Lipinski definition) is 0. The molecule has 0 saturated carbocycles. The monoisotopic (exact) mass is 172 g/mol. The van der Waals surface area contributed by atoms with Crippen molar-refractivity contribution in [1.82, 2.24) is 0 Å². The summed E-state index contributed by atoms with van der Waals surface area (Å²) < 4.78 is 5.00. The fraction of sp³-hybridized carbons (Fsp3) is 1.00. The number of ether oxygens (including phenoxy) is 1. The smallest absolute Gasteiger partial charge is 0.0462 e. The Labute approximate surface area is 77.5 Å². The van der Waals surface area contributed by atoms with E-state index in [4.69, 9.17) is 4.74 Å². The van der Waals surface area contributed by atoms with Gasteiger partial charge in [-0.25, -0.2) is 0 Å². The maximum absolute atomic E-state index is 5.00. The standard InChI is InChI=1S/C11H24O/c1-4-8-11(2)9-6-5-7-10-12-3/h11H,4-10H2,1-3H3. The molecule has 1 heteroatoms. The van der Waals surface area contributed by atoms with Gasteiger partial charge in [-0.1, -0.05) is 46.0 Å². The fourth-order valence-electron chi connectivity index (χ4n) is 1.55. The lowest BCUT2D eigenvalue weighted by atomic mass is 9.99. The van der Waals surface area contributed by atoms with E-state index in [0.717, 1.165) is 12.5 Å². The highest BCUT2D eigenvalue weighted by atomic mass is 16.5. The van der Waals surface area contributed by atoms with Crippen molar-refractivity contribution in [3.05, 3.63) is 0 Å². The molecule has 1 atom stereocenters. The minimum atomic E-state index is 0.928. The molecule has 12 heavy (non-hydrogen) atoms. The predicted octanol–water partition coefficient (Wildman–Crippen LogP) is 3.63. The maximum Gasteiger partial charge on any atom is 0.0462 e. The van der Waals surface area contributed by atoms with Gasteiger partial charge in [0, 0.05) is 13.7 Å².